The van der Waals surface area contributed by atoms with Crippen LogP contribution in [0.2, 0.25) is 0 Å². The van der Waals surface area contributed by atoms with Crippen molar-refractivity contribution in [3.63, 3.8) is 0 Å². The molecule has 0 bridgehead atoms. The third kappa shape index (κ3) is 3.31. The van der Waals surface area contributed by atoms with E-state index in [1.165, 1.54) is 10.6 Å². The van der Waals surface area contributed by atoms with Crippen molar-refractivity contribution in [2.75, 3.05) is 31.1 Å². The van der Waals surface area contributed by atoms with Crippen molar-refractivity contribution in [2.45, 2.75) is 0 Å². The van der Waals surface area contributed by atoms with E-state index in [4.69, 9.17) is 0 Å². The minimum Gasteiger partial charge on any atom is -0.336 e. The highest BCUT2D eigenvalue weighted by molar-refractivity contribution is 5.94. The molecule has 3 heterocycles. The quantitative estimate of drug-likeness (QED) is 0.664. The molecule has 1 amide bonds. The van der Waals surface area contributed by atoms with Crippen LogP contribution in [0.25, 0.3) is 5.69 Å². The van der Waals surface area contributed by atoms with Crippen molar-refractivity contribution in [1.29, 1.82) is 0 Å². The van der Waals surface area contributed by atoms with Gasteiger partial charge in [-0.3, -0.25) is 9.59 Å². The summed E-state index contributed by atoms with van der Waals surface area (Å²) in [4.78, 5) is 28.2. The fourth-order valence-electron chi connectivity index (χ4n) is 3.09. The van der Waals surface area contributed by atoms with E-state index in [0.29, 0.717) is 37.7 Å². The normalized spacial score (nSPS) is 14.4. The third-order valence-electron chi connectivity index (χ3n) is 4.65. The zero-order valence-corrected chi connectivity index (χ0v) is 14.9. The number of anilines is 1. The van der Waals surface area contributed by atoms with Crippen molar-refractivity contribution in [1.82, 2.24) is 29.7 Å². The van der Waals surface area contributed by atoms with E-state index in [1.807, 2.05) is 30.3 Å². The zero-order chi connectivity index (χ0) is 18.8. The molecule has 4 rings (SSSR count). The molecule has 3 aromatic rings. The second-order valence-electron chi connectivity index (χ2n) is 6.37. The predicted octanol–water partition coefficient (Wildman–Crippen LogP) is 0.323. The van der Waals surface area contributed by atoms with Crippen LogP contribution < -0.4 is 10.5 Å². The predicted molar refractivity (Wildman–Crippen MR) is 99.0 cm³/mol. The van der Waals surface area contributed by atoms with Crippen LogP contribution in [0.1, 0.15) is 10.4 Å². The maximum absolute atomic E-state index is 12.7. The zero-order valence-electron chi connectivity index (χ0n) is 14.9. The molecule has 1 fully saturated rings. The number of rotatable bonds is 3. The van der Waals surface area contributed by atoms with E-state index >= 15 is 0 Å². The third-order valence-corrected chi connectivity index (χ3v) is 4.65. The number of amides is 1. The molecule has 1 aliphatic rings. The van der Waals surface area contributed by atoms with E-state index in [-0.39, 0.29) is 11.5 Å². The lowest BCUT2D eigenvalue weighted by Gasteiger charge is -2.34. The maximum atomic E-state index is 12.7. The van der Waals surface area contributed by atoms with Crippen LogP contribution in [0.3, 0.4) is 0 Å². The van der Waals surface area contributed by atoms with E-state index in [0.717, 1.165) is 5.69 Å². The Labute approximate surface area is 155 Å². The highest BCUT2D eigenvalue weighted by atomic mass is 16.2. The fraction of sp³-hybridized carbons (Fsp3) is 0.278. The summed E-state index contributed by atoms with van der Waals surface area (Å²) in [6, 6.07) is 12.7. The molecule has 1 aliphatic heterocycles. The molecule has 1 aromatic carbocycles. The van der Waals surface area contributed by atoms with Crippen LogP contribution in [0.15, 0.2) is 53.5 Å². The molecule has 9 nitrogen and oxygen atoms in total. The average Bonchev–Trinajstić information content (AvgIpc) is 3.20. The number of pyridine rings is 1. The number of hydrogen-bond acceptors (Lipinski definition) is 6. The Hall–Kier alpha value is -3.49. The minimum absolute atomic E-state index is 0.130. The van der Waals surface area contributed by atoms with E-state index in [1.54, 1.807) is 28.9 Å². The SMILES string of the molecule is Cn1ccc(C(=O)N2CCN(c3nnnn3-c3ccccc3)CC2)cc1=O. The maximum Gasteiger partial charge on any atom is 0.254 e. The number of hydrogen-bond donors (Lipinski definition) is 0. The number of aryl methyl sites for hydroxylation is 1. The number of piperazine rings is 1. The van der Waals surface area contributed by atoms with Crippen molar-refractivity contribution in [2.24, 2.45) is 7.05 Å². The second-order valence-corrected chi connectivity index (χ2v) is 6.37. The van der Waals surface area contributed by atoms with Crippen molar-refractivity contribution in [3.8, 4) is 5.69 Å². The van der Waals surface area contributed by atoms with Gasteiger partial charge >= 0.3 is 0 Å². The number of tetrazole rings is 1. The van der Waals surface area contributed by atoms with Crippen LogP contribution in [0.5, 0.6) is 0 Å². The number of aromatic nitrogens is 5. The van der Waals surface area contributed by atoms with Gasteiger partial charge in [0.05, 0.1) is 5.69 Å². The van der Waals surface area contributed by atoms with Crippen LogP contribution in [0, 0.1) is 0 Å². The Kier molecular flexibility index (Phi) is 4.41. The molecule has 27 heavy (non-hydrogen) atoms. The molecular formula is C18H19N7O2. The number of carbonyl (C=O) groups excluding carboxylic acids is 1. The first kappa shape index (κ1) is 17.0. The van der Waals surface area contributed by atoms with E-state index in [2.05, 4.69) is 20.4 Å². The molecule has 0 N–H and O–H groups in total. The highest BCUT2D eigenvalue weighted by Crippen LogP contribution is 2.17. The lowest BCUT2D eigenvalue weighted by atomic mass is 10.2. The van der Waals surface area contributed by atoms with Gasteiger partial charge in [0.2, 0.25) is 5.95 Å². The average molecular weight is 365 g/mol. The molecule has 138 valence electrons. The lowest BCUT2D eigenvalue weighted by Crippen LogP contribution is -2.49. The molecule has 0 atom stereocenters. The summed E-state index contributed by atoms with van der Waals surface area (Å²) in [5, 5.41) is 12.0. The van der Waals surface area contributed by atoms with E-state index < -0.39 is 0 Å². The van der Waals surface area contributed by atoms with Gasteiger partial charge in [-0.25, -0.2) is 0 Å². The van der Waals surface area contributed by atoms with Gasteiger partial charge in [-0.15, -0.1) is 0 Å². The Morgan fingerprint density at radius 2 is 1.78 bits per heavy atom. The van der Waals surface area contributed by atoms with Gasteiger partial charge in [0, 0.05) is 51.1 Å². The first-order chi connectivity index (χ1) is 13.1. The molecule has 0 unspecified atom stereocenters. The largest absolute Gasteiger partial charge is 0.336 e. The number of para-hydroxylation sites is 1. The molecule has 1 saturated heterocycles. The van der Waals surface area contributed by atoms with Gasteiger partial charge in [-0.1, -0.05) is 23.3 Å². The van der Waals surface area contributed by atoms with Crippen molar-refractivity contribution in [3.05, 3.63) is 64.6 Å². The van der Waals surface area contributed by atoms with E-state index in [9.17, 15) is 9.59 Å². The number of carbonyl (C=O) groups is 1. The van der Waals surface area contributed by atoms with Crippen LogP contribution in [-0.2, 0) is 7.05 Å². The summed E-state index contributed by atoms with van der Waals surface area (Å²) in [5.41, 5.74) is 1.11. The summed E-state index contributed by atoms with van der Waals surface area (Å²) >= 11 is 0. The molecule has 0 saturated carbocycles. The monoisotopic (exact) mass is 365 g/mol. The summed E-state index contributed by atoms with van der Waals surface area (Å²) in [5.74, 6) is 0.525. The lowest BCUT2D eigenvalue weighted by molar-refractivity contribution is 0.0745. The fourth-order valence-corrected chi connectivity index (χ4v) is 3.09. The topological polar surface area (TPSA) is 89.2 Å². The molecule has 0 spiro atoms. The van der Waals surface area contributed by atoms with Crippen molar-refractivity contribution < 1.29 is 4.79 Å². The molecule has 0 aliphatic carbocycles. The number of nitrogens with zero attached hydrogens (tertiary/aromatic N) is 7. The Balaban J connectivity index is 1.47. The van der Waals surface area contributed by atoms with Gasteiger partial charge in [-0.05, 0) is 28.6 Å². The summed E-state index contributed by atoms with van der Waals surface area (Å²) in [6.07, 6.45) is 1.61. The smallest absolute Gasteiger partial charge is 0.254 e. The second kappa shape index (κ2) is 7.02. The Bertz CT molecular complexity index is 1000. The molecule has 2 aromatic heterocycles. The van der Waals surface area contributed by atoms with Gasteiger partial charge in [-0.2, -0.15) is 4.68 Å². The first-order valence-corrected chi connectivity index (χ1v) is 8.68. The first-order valence-electron chi connectivity index (χ1n) is 8.68. The highest BCUT2D eigenvalue weighted by Gasteiger charge is 2.25. The van der Waals surface area contributed by atoms with Crippen molar-refractivity contribution >= 4 is 11.9 Å². The van der Waals surface area contributed by atoms with Gasteiger partial charge in [0.25, 0.3) is 11.5 Å². The Morgan fingerprint density at radius 1 is 1.04 bits per heavy atom. The number of benzene rings is 1. The summed E-state index contributed by atoms with van der Waals surface area (Å²) < 4.78 is 3.14. The standard InChI is InChI=1S/C18H19N7O2/c1-22-8-7-14(13-16(22)26)17(27)23-9-11-24(12-10-23)18-19-20-21-25(18)15-5-3-2-4-6-15/h2-8,13H,9-12H2,1H3. The Morgan fingerprint density at radius 3 is 2.48 bits per heavy atom. The molecule has 0 radical (unpaired) electrons. The minimum atomic E-state index is -0.193. The summed E-state index contributed by atoms with van der Waals surface area (Å²) in [7, 11) is 1.66. The summed E-state index contributed by atoms with van der Waals surface area (Å²) in [6.45, 7) is 2.30. The van der Waals surface area contributed by atoms with Crippen LogP contribution >= 0.6 is 0 Å². The van der Waals surface area contributed by atoms with Gasteiger partial charge < -0.3 is 14.4 Å². The van der Waals surface area contributed by atoms with Gasteiger partial charge in [0.15, 0.2) is 0 Å². The molecule has 9 heteroatoms. The van der Waals surface area contributed by atoms with Crippen LogP contribution in [0.4, 0.5) is 5.95 Å². The van der Waals surface area contributed by atoms with Crippen LogP contribution in [-0.4, -0.2) is 61.8 Å². The van der Waals surface area contributed by atoms with Gasteiger partial charge in [0.1, 0.15) is 0 Å². The molecular weight excluding hydrogens is 346 g/mol.